The second-order valence-corrected chi connectivity index (χ2v) is 6.69. The molecule has 26 heavy (non-hydrogen) atoms. The van der Waals surface area contributed by atoms with Crippen molar-refractivity contribution in [2.24, 2.45) is 0 Å². The Hall–Kier alpha value is -0.504. The molecule has 2 amide bonds. The molecule has 0 atom stereocenters. The van der Waals surface area contributed by atoms with Gasteiger partial charge in [0.1, 0.15) is 0 Å². The molecule has 0 saturated heterocycles. The van der Waals surface area contributed by atoms with Crippen molar-refractivity contribution in [2.75, 3.05) is 10.6 Å². The van der Waals surface area contributed by atoms with E-state index in [9.17, 15) is 9.90 Å². The van der Waals surface area contributed by atoms with Crippen LogP contribution < -0.4 is 67.1 Å². The van der Waals surface area contributed by atoms with Crippen LogP contribution in [0, 0.1) is 6.92 Å². The van der Waals surface area contributed by atoms with Crippen molar-refractivity contribution >= 4 is 63.0 Å². The third-order valence-corrected chi connectivity index (χ3v) is 4.70. The van der Waals surface area contributed by atoms with E-state index in [1.807, 2.05) is 6.92 Å². The van der Waals surface area contributed by atoms with E-state index in [1.165, 1.54) is 18.2 Å². The number of amides is 2. The summed E-state index contributed by atoms with van der Waals surface area (Å²) in [4.78, 5) is 12.3. The molecule has 0 heterocycles. The van der Waals surface area contributed by atoms with Crippen LogP contribution >= 0.6 is 34.8 Å². The second-order valence-electron chi connectivity index (χ2n) is 5.47. The number of rotatable bonds is 2. The largest absolute Gasteiger partial charge is 1.00 e. The van der Waals surface area contributed by atoms with Gasteiger partial charge in [0.25, 0.3) is 0 Å². The first-order valence-electron chi connectivity index (χ1n) is 7.28. The van der Waals surface area contributed by atoms with E-state index in [-0.39, 0.29) is 62.2 Å². The van der Waals surface area contributed by atoms with Gasteiger partial charge >= 0.3 is 57.4 Å². The van der Waals surface area contributed by atoms with Crippen LogP contribution in [0.3, 0.4) is 0 Å². The van der Waals surface area contributed by atoms with Gasteiger partial charge in [-0.05, 0) is 36.8 Å². The van der Waals surface area contributed by atoms with Gasteiger partial charge in [-0.15, -0.1) is 5.75 Å². The molecule has 4 nitrogen and oxygen atoms in total. The third kappa shape index (κ3) is 4.85. The summed E-state index contributed by atoms with van der Waals surface area (Å²) >= 11 is 18.3. The molecule has 0 bridgehead atoms. The molecule has 0 aliphatic carbocycles. The Morgan fingerprint density at radius 3 is 2.31 bits per heavy atom. The maximum absolute atomic E-state index is 12.3. The fraction of sp³-hybridized carbons (Fsp3) is 0.0556. The molecular weight excluding hydrogens is 422 g/mol. The molecule has 2 N–H and O–H groups in total. The fourth-order valence-electron chi connectivity index (χ4n) is 2.45. The zero-order valence-corrected chi connectivity index (χ0v) is 19.4. The monoisotopic (exact) mass is 432 g/mol. The van der Waals surface area contributed by atoms with Crippen molar-refractivity contribution in [3.63, 3.8) is 0 Å². The van der Waals surface area contributed by atoms with Crippen LogP contribution in [-0.4, -0.2) is 6.03 Å². The fourth-order valence-corrected chi connectivity index (χ4v) is 3.16. The number of carbonyl (C=O) groups is 1. The molecule has 128 valence electrons. The van der Waals surface area contributed by atoms with E-state index < -0.39 is 6.03 Å². The average Bonchev–Trinajstić information content (AvgIpc) is 2.54. The van der Waals surface area contributed by atoms with E-state index in [1.54, 1.807) is 24.3 Å². The number of halogens is 3. The van der Waals surface area contributed by atoms with E-state index in [0.717, 1.165) is 5.56 Å². The van der Waals surface area contributed by atoms with Crippen LogP contribution in [-0.2, 0) is 0 Å². The SMILES string of the molecule is Cc1cc(NC(=O)Nc2c(Cl)cc(Cl)c3ccc([O-])cc23)ccc1Cl.[K+]. The number of fused-ring (bicyclic) bond motifs is 1. The van der Waals surface area contributed by atoms with Gasteiger partial charge in [-0.25, -0.2) is 4.79 Å². The van der Waals surface area contributed by atoms with Crippen LogP contribution in [0.2, 0.25) is 15.1 Å². The van der Waals surface area contributed by atoms with Crippen LogP contribution in [0.4, 0.5) is 16.2 Å². The Morgan fingerprint density at radius 1 is 0.885 bits per heavy atom. The van der Waals surface area contributed by atoms with Crippen LogP contribution in [0.15, 0.2) is 42.5 Å². The van der Waals surface area contributed by atoms with Crippen molar-refractivity contribution < 1.29 is 61.3 Å². The van der Waals surface area contributed by atoms with E-state index >= 15 is 0 Å². The first-order valence-corrected chi connectivity index (χ1v) is 8.41. The van der Waals surface area contributed by atoms with Crippen molar-refractivity contribution in [2.45, 2.75) is 6.92 Å². The Kier molecular flexibility index (Phi) is 7.65. The Bertz CT molecular complexity index is 996. The number of benzene rings is 3. The minimum atomic E-state index is -0.497. The minimum absolute atomic E-state index is 0. The Morgan fingerprint density at radius 2 is 1.62 bits per heavy atom. The number of nitrogens with one attached hydrogen (secondary N) is 2. The number of urea groups is 1. The number of hydrogen-bond acceptors (Lipinski definition) is 2. The summed E-state index contributed by atoms with van der Waals surface area (Å²) in [7, 11) is 0. The van der Waals surface area contributed by atoms with Gasteiger partial charge in [-0.1, -0.05) is 53.0 Å². The van der Waals surface area contributed by atoms with Gasteiger partial charge in [0.2, 0.25) is 0 Å². The van der Waals surface area contributed by atoms with E-state index in [4.69, 9.17) is 34.8 Å². The van der Waals surface area contributed by atoms with Crippen LogP contribution in [0.25, 0.3) is 10.8 Å². The standard InChI is InChI=1S/C18H13Cl3N2O2.K/c1-9-6-10(2-5-14(9)19)22-18(25)23-17-13-7-11(24)3-4-12(13)15(20)8-16(17)21;/h2-8,24H,1H3,(H2,22,23,25);/q;+1/p-1. The smallest absolute Gasteiger partial charge is 0.872 e. The molecular formula is C18H12Cl3KN2O2. The molecule has 0 radical (unpaired) electrons. The van der Waals surface area contributed by atoms with Gasteiger partial charge < -0.3 is 15.7 Å². The first kappa shape index (κ1) is 21.8. The van der Waals surface area contributed by atoms with Crippen molar-refractivity contribution in [1.29, 1.82) is 0 Å². The average molecular weight is 434 g/mol. The normalized spacial score (nSPS) is 10.3. The van der Waals surface area contributed by atoms with Crippen molar-refractivity contribution in [3.8, 4) is 5.75 Å². The number of carbonyl (C=O) groups excluding carboxylic acids is 1. The molecule has 0 saturated carbocycles. The van der Waals surface area contributed by atoms with Gasteiger partial charge in [0.05, 0.1) is 15.7 Å². The summed E-state index contributed by atoms with van der Waals surface area (Å²) in [6, 6.07) is 10.5. The Balaban J connectivity index is 0.00000243. The number of anilines is 2. The summed E-state index contributed by atoms with van der Waals surface area (Å²) in [5.74, 6) is -0.206. The first-order chi connectivity index (χ1) is 11.8. The molecule has 3 aromatic rings. The molecule has 0 unspecified atom stereocenters. The van der Waals surface area contributed by atoms with E-state index in [2.05, 4.69) is 10.6 Å². The topological polar surface area (TPSA) is 64.2 Å². The molecule has 0 aliphatic heterocycles. The maximum Gasteiger partial charge on any atom is 1.00 e. The summed E-state index contributed by atoms with van der Waals surface area (Å²) in [6.45, 7) is 1.84. The van der Waals surface area contributed by atoms with Crippen molar-refractivity contribution in [1.82, 2.24) is 0 Å². The number of hydrogen-bond donors (Lipinski definition) is 2. The van der Waals surface area contributed by atoms with Gasteiger partial charge in [0.15, 0.2) is 0 Å². The molecule has 3 aromatic carbocycles. The predicted octanol–water partition coefficient (Wildman–Crippen LogP) is 2.83. The predicted molar refractivity (Wildman–Crippen MR) is 102 cm³/mol. The van der Waals surface area contributed by atoms with E-state index in [0.29, 0.717) is 32.2 Å². The van der Waals surface area contributed by atoms with Gasteiger partial charge in [-0.3, -0.25) is 0 Å². The summed E-state index contributed by atoms with van der Waals surface area (Å²) in [5.41, 5.74) is 1.74. The summed E-state index contributed by atoms with van der Waals surface area (Å²) in [5, 5.41) is 19.4. The summed E-state index contributed by atoms with van der Waals surface area (Å²) < 4.78 is 0. The second kappa shape index (κ2) is 9.13. The molecule has 0 aliphatic rings. The molecule has 0 spiro atoms. The van der Waals surface area contributed by atoms with Gasteiger partial charge in [-0.2, -0.15) is 0 Å². The zero-order chi connectivity index (χ0) is 18.1. The Labute approximate surface area is 208 Å². The quantitative estimate of drug-likeness (QED) is 0.610. The molecule has 0 fully saturated rings. The molecule has 0 aromatic heterocycles. The van der Waals surface area contributed by atoms with Crippen LogP contribution in [0.5, 0.6) is 5.75 Å². The van der Waals surface area contributed by atoms with Gasteiger partial charge in [0, 0.05) is 21.5 Å². The minimum Gasteiger partial charge on any atom is -0.872 e. The third-order valence-electron chi connectivity index (χ3n) is 3.66. The van der Waals surface area contributed by atoms with Crippen molar-refractivity contribution in [3.05, 3.63) is 63.1 Å². The zero-order valence-electron chi connectivity index (χ0n) is 14.0. The van der Waals surface area contributed by atoms with Crippen LogP contribution in [0.1, 0.15) is 5.56 Å². The number of aryl methyl sites for hydroxylation is 1. The molecule has 3 rings (SSSR count). The summed E-state index contributed by atoms with van der Waals surface area (Å²) in [6.07, 6.45) is 0. The maximum atomic E-state index is 12.3. The molecule has 8 heteroatoms.